The van der Waals surface area contributed by atoms with Crippen molar-refractivity contribution in [1.82, 2.24) is 5.32 Å². The minimum atomic E-state index is -0.145. The van der Waals surface area contributed by atoms with Gasteiger partial charge in [-0.3, -0.25) is 4.79 Å². The first-order valence-corrected chi connectivity index (χ1v) is 8.41. The largest absolute Gasteiger partial charge is 0.492 e. The Balaban J connectivity index is 1.34. The van der Waals surface area contributed by atoms with E-state index in [4.69, 9.17) is 9.47 Å². The average molecular weight is 325 g/mol. The monoisotopic (exact) mass is 325 g/mol. The summed E-state index contributed by atoms with van der Waals surface area (Å²) in [5.41, 5.74) is 3.99. The van der Waals surface area contributed by atoms with Crippen LogP contribution in [0.15, 0.2) is 42.5 Å². The van der Waals surface area contributed by atoms with Gasteiger partial charge in [0.15, 0.2) is 6.61 Å². The lowest BCUT2D eigenvalue weighted by atomic mass is 10.1. The molecular formula is C20H23NO3. The highest BCUT2D eigenvalue weighted by Crippen LogP contribution is 2.25. The molecule has 0 heterocycles. The number of nitrogens with one attached hydrogen (secondary N) is 1. The molecule has 0 fully saturated rings. The molecule has 0 aromatic heterocycles. The van der Waals surface area contributed by atoms with Crippen molar-refractivity contribution < 1.29 is 14.3 Å². The van der Waals surface area contributed by atoms with Crippen LogP contribution in [-0.2, 0) is 17.6 Å². The first kappa shape index (κ1) is 16.4. The van der Waals surface area contributed by atoms with Gasteiger partial charge in [-0.2, -0.15) is 0 Å². The molecule has 0 atom stereocenters. The SMILES string of the molecule is Cc1ccc(OCC(=O)NCCOc2ccc3c(c2)CCC3)cc1. The van der Waals surface area contributed by atoms with Crippen LogP contribution in [0.3, 0.4) is 0 Å². The molecule has 0 spiro atoms. The molecule has 1 amide bonds. The van der Waals surface area contributed by atoms with Gasteiger partial charge in [-0.15, -0.1) is 0 Å². The normalized spacial score (nSPS) is 12.5. The van der Waals surface area contributed by atoms with E-state index in [1.54, 1.807) is 0 Å². The molecule has 2 aromatic rings. The van der Waals surface area contributed by atoms with E-state index in [1.165, 1.54) is 24.0 Å². The van der Waals surface area contributed by atoms with Crippen molar-refractivity contribution in [2.45, 2.75) is 26.2 Å². The Morgan fingerprint density at radius 2 is 1.75 bits per heavy atom. The predicted octanol–water partition coefficient (Wildman–Crippen LogP) is 3.06. The van der Waals surface area contributed by atoms with Crippen LogP contribution in [0.25, 0.3) is 0 Å². The molecule has 4 heteroatoms. The van der Waals surface area contributed by atoms with E-state index in [9.17, 15) is 4.79 Å². The Morgan fingerprint density at radius 3 is 2.58 bits per heavy atom. The number of rotatable bonds is 7. The van der Waals surface area contributed by atoms with Crippen LogP contribution in [0.2, 0.25) is 0 Å². The first-order valence-electron chi connectivity index (χ1n) is 8.41. The van der Waals surface area contributed by atoms with Crippen molar-refractivity contribution in [2.24, 2.45) is 0 Å². The van der Waals surface area contributed by atoms with Crippen molar-refractivity contribution in [3.05, 3.63) is 59.2 Å². The number of amides is 1. The Hall–Kier alpha value is -2.49. The van der Waals surface area contributed by atoms with E-state index in [0.29, 0.717) is 18.9 Å². The molecule has 0 aliphatic heterocycles. The van der Waals surface area contributed by atoms with E-state index in [-0.39, 0.29) is 12.5 Å². The third-order valence-corrected chi connectivity index (χ3v) is 4.15. The summed E-state index contributed by atoms with van der Waals surface area (Å²) in [4.78, 5) is 11.8. The quantitative estimate of drug-likeness (QED) is 0.796. The molecule has 3 rings (SSSR count). The van der Waals surface area contributed by atoms with Gasteiger partial charge in [0.05, 0.1) is 6.54 Å². The van der Waals surface area contributed by atoms with Crippen LogP contribution in [0.5, 0.6) is 11.5 Å². The smallest absolute Gasteiger partial charge is 0.258 e. The highest BCUT2D eigenvalue weighted by molar-refractivity contribution is 5.77. The lowest BCUT2D eigenvalue weighted by Gasteiger charge is -2.10. The Labute approximate surface area is 142 Å². The molecule has 0 saturated carbocycles. The summed E-state index contributed by atoms with van der Waals surface area (Å²) >= 11 is 0. The second-order valence-electron chi connectivity index (χ2n) is 6.08. The number of aryl methyl sites for hydroxylation is 3. The maximum atomic E-state index is 11.8. The molecule has 2 aromatic carbocycles. The zero-order valence-corrected chi connectivity index (χ0v) is 14.0. The van der Waals surface area contributed by atoms with Gasteiger partial charge in [0, 0.05) is 0 Å². The molecule has 4 nitrogen and oxygen atoms in total. The van der Waals surface area contributed by atoms with Gasteiger partial charge in [0.1, 0.15) is 18.1 Å². The summed E-state index contributed by atoms with van der Waals surface area (Å²) < 4.78 is 11.1. The van der Waals surface area contributed by atoms with Crippen LogP contribution >= 0.6 is 0 Å². The van der Waals surface area contributed by atoms with Crippen LogP contribution in [0, 0.1) is 6.92 Å². The molecule has 0 radical (unpaired) electrons. The van der Waals surface area contributed by atoms with E-state index >= 15 is 0 Å². The third-order valence-electron chi connectivity index (χ3n) is 4.15. The summed E-state index contributed by atoms with van der Waals surface area (Å²) in [6.45, 7) is 2.95. The standard InChI is InChI=1S/C20H23NO3/c1-15-5-8-18(9-6-15)24-14-20(22)21-11-12-23-19-10-7-16-3-2-4-17(16)13-19/h5-10,13H,2-4,11-12,14H2,1H3,(H,21,22). The Morgan fingerprint density at radius 1 is 1.00 bits per heavy atom. The molecule has 1 N–H and O–H groups in total. The summed E-state index contributed by atoms with van der Waals surface area (Å²) in [7, 11) is 0. The van der Waals surface area contributed by atoms with Gasteiger partial charge >= 0.3 is 0 Å². The van der Waals surface area contributed by atoms with Gasteiger partial charge in [0.25, 0.3) is 5.91 Å². The van der Waals surface area contributed by atoms with E-state index in [0.717, 1.165) is 17.7 Å². The lowest BCUT2D eigenvalue weighted by Crippen LogP contribution is -2.32. The number of fused-ring (bicyclic) bond motifs is 1. The topological polar surface area (TPSA) is 47.6 Å². The molecule has 24 heavy (non-hydrogen) atoms. The molecule has 1 aliphatic rings. The zero-order valence-electron chi connectivity index (χ0n) is 14.0. The van der Waals surface area contributed by atoms with Crippen molar-refractivity contribution in [3.63, 3.8) is 0 Å². The minimum absolute atomic E-state index is 0.0158. The van der Waals surface area contributed by atoms with Gasteiger partial charge in [-0.05, 0) is 61.6 Å². The Bertz CT molecular complexity index is 695. The second-order valence-corrected chi connectivity index (χ2v) is 6.08. The van der Waals surface area contributed by atoms with Crippen molar-refractivity contribution in [2.75, 3.05) is 19.8 Å². The molecule has 1 aliphatic carbocycles. The minimum Gasteiger partial charge on any atom is -0.492 e. The van der Waals surface area contributed by atoms with Crippen LogP contribution in [0.4, 0.5) is 0 Å². The zero-order chi connectivity index (χ0) is 16.8. The number of ether oxygens (including phenoxy) is 2. The van der Waals surface area contributed by atoms with Crippen LogP contribution in [0.1, 0.15) is 23.1 Å². The maximum Gasteiger partial charge on any atom is 0.258 e. The average Bonchev–Trinajstić information content (AvgIpc) is 3.06. The lowest BCUT2D eigenvalue weighted by molar-refractivity contribution is -0.123. The number of hydrogen-bond donors (Lipinski definition) is 1. The molecular weight excluding hydrogens is 302 g/mol. The Kier molecular flexibility index (Phi) is 5.36. The fourth-order valence-electron chi connectivity index (χ4n) is 2.83. The highest BCUT2D eigenvalue weighted by Gasteiger charge is 2.11. The van der Waals surface area contributed by atoms with E-state index in [1.807, 2.05) is 37.3 Å². The summed E-state index contributed by atoms with van der Waals surface area (Å²) in [6.07, 6.45) is 3.54. The highest BCUT2D eigenvalue weighted by atomic mass is 16.5. The van der Waals surface area contributed by atoms with Crippen molar-refractivity contribution >= 4 is 5.91 Å². The fraction of sp³-hybridized carbons (Fsp3) is 0.350. The summed E-state index contributed by atoms with van der Waals surface area (Å²) in [6, 6.07) is 13.9. The van der Waals surface area contributed by atoms with Crippen LogP contribution in [-0.4, -0.2) is 25.7 Å². The van der Waals surface area contributed by atoms with E-state index < -0.39 is 0 Å². The first-order chi connectivity index (χ1) is 11.7. The molecule has 0 unspecified atom stereocenters. The number of carbonyl (C=O) groups is 1. The molecule has 0 saturated heterocycles. The van der Waals surface area contributed by atoms with Gasteiger partial charge in [-0.1, -0.05) is 23.8 Å². The predicted molar refractivity (Wildman–Crippen MR) is 93.6 cm³/mol. The van der Waals surface area contributed by atoms with Crippen molar-refractivity contribution in [3.8, 4) is 11.5 Å². The number of carbonyl (C=O) groups excluding carboxylic acids is 1. The van der Waals surface area contributed by atoms with Gasteiger partial charge in [-0.25, -0.2) is 0 Å². The van der Waals surface area contributed by atoms with Gasteiger partial charge < -0.3 is 14.8 Å². The number of hydrogen-bond acceptors (Lipinski definition) is 3. The number of benzene rings is 2. The second kappa shape index (κ2) is 7.86. The maximum absolute atomic E-state index is 11.8. The van der Waals surface area contributed by atoms with Crippen molar-refractivity contribution in [1.29, 1.82) is 0 Å². The summed E-state index contributed by atoms with van der Waals surface area (Å²) in [5.74, 6) is 1.43. The van der Waals surface area contributed by atoms with E-state index in [2.05, 4.69) is 17.4 Å². The summed E-state index contributed by atoms with van der Waals surface area (Å²) in [5, 5.41) is 2.80. The third kappa shape index (κ3) is 4.51. The fourth-order valence-corrected chi connectivity index (χ4v) is 2.83. The molecule has 126 valence electrons. The van der Waals surface area contributed by atoms with Gasteiger partial charge in [0.2, 0.25) is 0 Å². The van der Waals surface area contributed by atoms with Crippen LogP contribution < -0.4 is 14.8 Å². The molecule has 0 bridgehead atoms.